The van der Waals surface area contributed by atoms with Gasteiger partial charge in [-0.1, -0.05) is 0 Å². The molecule has 96 valence electrons. The maximum Gasteiger partial charge on any atom is 0.337 e. The predicted octanol–water partition coefficient (Wildman–Crippen LogP) is 0.910. The zero-order valence-corrected chi connectivity index (χ0v) is 9.64. The Morgan fingerprint density at radius 2 is 2.00 bits per heavy atom. The summed E-state index contributed by atoms with van der Waals surface area (Å²) in [6.07, 6.45) is 2.09. The lowest BCUT2D eigenvalue weighted by Gasteiger charge is -2.36. The Morgan fingerprint density at radius 1 is 1.33 bits per heavy atom. The van der Waals surface area contributed by atoms with Crippen LogP contribution in [0.15, 0.2) is 18.2 Å². The number of carboxylic acids is 1. The maximum absolute atomic E-state index is 11.9. The molecule has 1 aromatic carbocycles. The third-order valence-electron chi connectivity index (χ3n) is 3.18. The summed E-state index contributed by atoms with van der Waals surface area (Å²) >= 11 is 0. The number of carbonyl (C=O) groups is 2. The lowest BCUT2D eigenvalue weighted by Crippen LogP contribution is -2.56. The standard InChI is InChI=1S/C12H14N2O4/c13-12(4-1-5-12)11(18)14-9-3-2-7(15)6-8(9)10(16)17/h2-3,6,15H,1,4-5,13H2,(H,14,18)(H,16,17). The van der Waals surface area contributed by atoms with Crippen LogP contribution < -0.4 is 11.1 Å². The number of nitrogens with two attached hydrogens (primary N) is 1. The van der Waals surface area contributed by atoms with E-state index < -0.39 is 11.5 Å². The van der Waals surface area contributed by atoms with Gasteiger partial charge in [0.15, 0.2) is 0 Å². The van der Waals surface area contributed by atoms with Gasteiger partial charge in [0, 0.05) is 0 Å². The SMILES string of the molecule is NC1(C(=O)Nc2ccc(O)cc2C(=O)O)CCC1. The Kier molecular flexibility index (Phi) is 2.96. The smallest absolute Gasteiger partial charge is 0.337 e. The van der Waals surface area contributed by atoms with Crippen molar-refractivity contribution in [1.29, 1.82) is 0 Å². The normalized spacial score (nSPS) is 16.7. The number of rotatable bonds is 3. The molecule has 0 aliphatic heterocycles. The highest BCUT2D eigenvalue weighted by atomic mass is 16.4. The average molecular weight is 250 g/mol. The average Bonchev–Trinajstić information content (AvgIpc) is 2.27. The van der Waals surface area contributed by atoms with E-state index in [-0.39, 0.29) is 22.9 Å². The molecule has 1 saturated carbocycles. The molecule has 5 N–H and O–H groups in total. The lowest BCUT2D eigenvalue weighted by molar-refractivity contribution is -0.123. The number of hydrogen-bond acceptors (Lipinski definition) is 4. The van der Waals surface area contributed by atoms with E-state index in [1.54, 1.807) is 0 Å². The third kappa shape index (κ3) is 2.14. The number of carbonyl (C=O) groups excluding carboxylic acids is 1. The second kappa shape index (κ2) is 4.30. The zero-order chi connectivity index (χ0) is 13.3. The Bertz CT molecular complexity index is 509. The van der Waals surface area contributed by atoms with Gasteiger partial charge in [-0.3, -0.25) is 4.79 Å². The minimum absolute atomic E-state index is 0.141. The summed E-state index contributed by atoms with van der Waals surface area (Å²) < 4.78 is 0. The van der Waals surface area contributed by atoms with Gasteiger partial charge in [0.1, 0.15) is 5.75 Å². The highest BCUT2D eigenvalue weighted by Gasteiger charge is 2.40. The molecule has 0 heterocycles. The number of aromatic carboxylic acids is 1. The predicted molar refractivity (Wildman–Crippen MR) is 64.5 cm³/mol. The topological polar surface area (TPSA) is 113 Å². The zero-order valence-electron chi connectivity index (χ0n) is 9.64. The number of hydrogen-bond donors (Lipinski definition) is 4. The van der Waals surface area contributed by atoms with Crippen LogP contribution in [0.3, 0.4) is 0 Å². The fraction of sp³-hybridized carbons (Fsp3) is 0.333. The number of phenols is 1. The van der Waals surface area contributed by atoms with Gasteiger partial charge in [-0.05, 0) is 37.5 Å². The molecule has 0 atom stereocenters. The third-order valence-corrected chi connectivity index (χ3v) is 3.18. The molecule has 0 saturated heterocycles. The first kappa shape index (κ1) is 12.4. The van der Waals surface area contributed by atoms with Gasteiger partial charge in [-0.25, -0.2) is 4.79 Å². The van der Waals surface area contributed by atoms with E-state index in [0.717, 1.165) is 12.5 Å². The molecule has 0 aromatic heterocycles. The minimum Gasteiger partial charge on any atom is -0.508 e. The Hall–Kier alpha value is -2.08. The van der Waals surface area contributed by atoms with E-state index >= 15 is 0 Å². The fourth-order valence-electron chi connectivity index (χ4n) is 1.85. The second-order valence-corrected chi connectivity index (χ2v) is 4.50. The number of aromatic hydroxyl groups is 1. The van der Waals surface area contributed by atoms with Crippen molar-refractivity contribution >= 4 is 17.6 Å². The molecular weight excluding hydrogens is 236 g/mol. The highest BCUT2D eigenvalue weighted by molar-refractivity contribution is 6.04. The Balaban J connectivity index is 2.23. The summed E-state index contributed by atoms with van der Waals surface area (Å²) in [6, 6.07) is 3.74. The van der Waals surface area contributed by atoms with Crippen LogP contribution in [0.5, 0.6) is 5.75 Å². The van der Waals surface area contributed by atoms with E-state index in [0.29, 0.717) is 12.8 Å². The van der Waals surface area contributed by atoms with Crippen LogP contribution in [0.25, 0.3) is 0 Å². The highest BCUT2D eigenvalue weighted by Crippen LogP contribution is 2.31. The summed E-state index contributed by atoms with van der Waals surface area (Å²) in [6.45, 7) is 0. The first-order valence-electron chi connectivity index (χ1n) is 5.59. The van der Waals surface area contributed by atoms with Crippen LogP contribution in [0.4, 0.5) is 5.69 Å². The van der Waals surface area contributed by atoms with Crippen LogP contribution in [-0.2, 0) is 4.79 Å². The van der Waals surface area contributed by atoms with Gasteiger partial charge in [0.2, 0.25) is 5.91 Å². The molecule has 0 radical (unpaired) electrons. The minimum atomic E-state index is -1.22. The van der Waals surface area contributed by atoms with Crippen molar-refractivity contribution in [3.63, 3.8) is 0 Å². The summed E-state index contributed by atoms with van der Waals surface area (Å²) in [5.74, 6) is -1.78. The van der Waals surface area contributed by atoms with E-state index in [9.17, 15) is 14.7 Å². The van der Waals surface area contributed by atoms with Crippen molar-refractivity contribution in [3.8, 4) is 5.75 Å². The fourth-order valence-corrected chi connectivity index (χ4v) is 1.85. The summed E-state index contributed by atoms with van der Waals surface area (Å²) in [5.41, 5.74) is 4.93. The van der Waals surface area contributed by atoms with Gasteiger partial charge in [0.25, 0.3) is 0 Å². The van der Waals surface area contributed by atoms with Crippen molar-refractivity contribution in [1.82, 2.24) is 0 Å². The molecule has 1 aromatic rings. The van der Waals surface area contributed by atoms with Crippen molar-refractivity contribution in [2.75, 3.05) is 5.32 Å². The number of amides is 1. The number of anilines is 1. The molecule has 18 heavy (non-hydrogen) atoms. The first-order valence-corrected chi connectivity index (χ1v) is 5.59. The first-order chi connectivity index (χ1) is 8.42. The molecule has 6 heteroatoms. The van der Waals surface area contributed by atoms with E-state index in [2.05, 4.69) is 5.32 Å². The molecular formula is C12H14N2O4. The van der Waals surface area contributed by atoms with Gasteiger partial charge in [0.05, 0.1) is 16.8 Å². The summed E-state index contributed by atoms with van der Waals surface area (Å²) in [4.78, 5) is 22.9. The van der Waals surface area contributed by atoms with Gasteiger partial charge < -0.3 is 21.3 Å². The number of phenolic OH excluding ortho intramolecular Hbond substituents is 1. The molecule has 1 aliphatic rings. The molecule has 1 amide bonds. The second-order valence-electron chi connectivity index (χ2n) is 4.50. The van der Waals surface area contributed by atoms with Gasteiger partial charge >= 0.3 is 5.97 Å². The largest absolute Gasteiger partial charge is 0.508 e. The number of carboxylic acid groups (broad SMARTS) is 1. The summed E-state index contributed by atoms with van der Waals surface area (Å²) in [5, 5.41) is 20.7. The van der Waals surface area contributed by atoms with Crippen LogP contribution in [0, 0.1) is 0 Å². The molecule has 6 nitrogen and oxygen atoms in total. The molecule has 0 bridgehead atoms. The van der Waals surface area contributed by atoms with Gasteiger partial charge in [-0.15, -0.1) is 0 Å². The van der Waals surface area contributed by atoms with E-state index in [1.165, 1.54) is 12.1 Å². The van der Waals surface area contributed by atoms with Crippen molar-refractivity contribution in [3.05, 3.63) is 23.8 Å². The molecule has 0 unspecified atom stereocenters. The van der Waals surface area contributed by atoms with Crippen molar-refractivity contribution in [2.45, 2.75) is 24.8 Å². The molecule has 1 aliphatic carbocycles. The van der Waals surface area contributed by atoms with Crippen molar-refractivity contribution in [2.24, 2.45) is 5.73 Å². The van der Waals surface area contributed by atoms with Crippen LogP contribution in [0.1, 0.15) is 29.6 Å². The van der Waals surface area contributed by atoms with Crippen LogP contribution in [-0.4, -0.2) is 27.6 Å². The summed E-state index contributed by atoms with van der Waals surface area (Å²) in [7, 11) is 0. The number of nitrogens with one attached hydrogen (secondary N) is 1. The van der Waals surface area contributed by atoms with Crippen molar-refractivity contribution < 1.29 is 19.8 Å². The Labute approximate surface area is 103 Å². The molecule has 1 fully saturated rings. The molecule has 0 spiro atoms. The lowest BCUT2D eigenvalue weighted by atomic mass is 9.77. The van der Waals surface area contributed by atoms with E-state index in [4.69, 9.17) is 10.8 Å². The van der Waals surface area contributed by atoms with Crippen LogP contribution in [0.2, 0.25) is 0 Å². The van der Waals surface area contributed by atoms with Crippen LogP contribution >= 0.6 is 0 Å². The quantitative estimate of drug-likeness (QED) is 0.595. The Morgan fingerprint density at radius 3 is 2.50 bits per heavy atom. The monoisotopic (exact) mass is 250 g/mol. The molecule has 2 rings (SSSR count). The van der Waals surface area contributed by atoms with Gasteiger partial charge in [-0.2, -0.15) is 0 Å². The van der Waals surface area contributed by atoms with E-state index in [1.807, 2.05) is 0 Å². The maximum atomic E-state index is 11.9. The number of benzene rings is 1.